The number of aromatic nitrogens is 2. The largest absolute Gasteiger partial charge is 0.381 e. The molecule has 3 aromatic rings. The van der Waals surface area contributed by atoms with Crippen molar-refractivity contribution in [3.05, 3.63) is 38.7 Å². The summed E-state index contributed by atoms with van der Waals surface area (Å²) in [5.41, 5.74) is 2.58. The molecule has 1 aliphatic heterocycles. The lowest BCUT2D eigenvalue weighted by atomic mass is 9.94. The number of methoxy groups -OCH3 is 2. The molecule has 5 rings (SSSR count). The highest BCUT2D eigenvalue weighted by atomic mass is 35.5. The number of rotatable bonds is 5. The molecule has 4 N–H and O–H groups in total. The number of benzene rings is 1. The second-order valence-electron chi connectivity index (χ2n) is 7.30. The van der Waals surface area contributed by atoms with E-state index in [-0.39, 0.29) is 6.17 Å². The summed E-state index contributed by atoms with van der Waals surface area (Å²) in [7, 11) is 3.44. The van der Waals surface area contributed by atoms with Crippen LogP contribution in [0.2, 0.25) is 5.02 Å². The molecule has 2 unspecified atom stereocenters. The van der Waals surface area contributed by atoms with E-state index in [4.69, 9.17) is 21.1 Å². The Morgan fingerprint density at radius 3 is 3.10 bits per heavy atom. The second kappa shape index (κ2) is 7.30. The van der Waals surface area contributed by atoms with Crippen LogP contribution in [0.5, 0.6) is 0 Å². The fourth-order valence-corrected chi connectivity index (χ4v) is 5.52. The Hall–Kier alpha value is -2.10. The maximum atomic E-state index is 6.52. The molecule has 2 aliphatic rings. The Morgan fingerprint density at radius 2 is 2.28 bits per heavy atom. The van der Waals surface area contributed by atoms with Crippen LogP contribution < -0.4 is 25.7 Å². The van der Waals surface area contributed by atoms with Crippen molar-refractivity contribution in [1.29, 1.82) is 0 Å². The van der Waals surface area contributed by atoms with Crippen LogP contribution in [0, 0.1) is 0 Å². The third-order valence-corrected chi connectivity index (χ3v) is 6.96. The molecule has 9 heteroatoms. The number of fused-ring (bicyclic) bond motifs is 4. The minimum atomic E-state index is -0.415. The van der Waals surface area contributed by atoms with E-state index in [2.05, 4.69) is 38.3 Å². The van der Waals surface area contributed by atoms with Crippen molar-refractivity contribution < 1.29 is 9.47 Å². The molecule has 152 valence electrons. The van der Waals surface area contributed by atoms with E-state index in [1.54, 1.807) is 31.8 Å². The Morgan fingerprint density at radius 1 is 1.38 bits per heavy atom. The molecule has 1 aliphatic carbocycles. The van der Waals surface area contributed by atoms with Crippen LogP contribution in [0.4, 0.5) is 10.7 Å². The standard InChI is InChI=1S/C20H22ClN5O2S/c1-27-9-20(28-2)4-3-12-16(7-20)29-19-17(12)18(22-10-23-19)25-15-5-11-8-24-26-14(11)6-13(15)21/h3,5-8,18,22-23,25H,4,9-10H2,1-2H3,(H,24,26). The van der Waals surface area contributed by atoms with Crippen LogP contribution in [0.3, 0.4) is 0 Å². The Balaban J connectivity index is 1.55. The number of hydrogen-bond donors (Lipinski definition) is 4. The maximum absolute atomic E-state index is 6.52. The highest BCUT2D eigenvalue weighted by Gasteiger charge is 2.31. The van der Waals surface area contributed by atoms with Crippen molar-refractivity contribution in [3.63, 3.8) is 0 Å². The molecule has 0 fully saturated rings. The van der Waals surface area contributed by atoms with Gasteiger partial charge in [0.25, 0.3) is 0 Å². The van der Waals surface area contributed by atoms with Gasteiger partial charge in [0, 0.05) is 36.1 Å². The first kappa shape index (κ1) is 18.9. The summed E-state index contributed by atoms with van der Waals surface area (Å²) in [6.07, 6.45) is 6.94. The Kier molecular flexibility index (Phi) is 4.76. The van der Waals surface area contributed by atoms with E-state index in [0.29, 0.717) is 18.3 Å². The summed E-state index contributed by atoms with van der Waals surface area (Å²) in [4.78, 5) is 0. The first-order chi connectivity index (χ1) is 14.1. The zero-order chi connectivity index (χ0) is 20.0. The smallest absolute Gasteiger partial charge is 0.114 e. The molecule has 2 atom stereocenters. The van der Waals surface area contributed by atoms with E-state index in [1.807, 2.05) is 12.1 Å². The van der Waals surface area contributed by atoms with Crippen molar-refractivity contribution in [2.45, 2.75) is 18.2 Å². The van der Waals surface area contributed by atoms with E-state index in [1.165, 1.54) is 15.3 Å². The van der Waals surface area contributed by atoms with Gasteiger partial charge in [0.15, 0.2) is 0 Å². The van der Waals surface area contributed by atoms with Crippen molar-refractivity contribution in [3.8, 4) is 0 Å². The molecule has 0 radical (unpaired) electrons. The fraction of sp³-hybridized carbons (Fsp3) is 0.350. The maximum Gasteiger partial charge on any atom is 0.114 e. The lowest BCUT2D eigenvalue weighted by Gasteiger charge is -2.30. The van der Waals surface area contributed by atoms with Gasteiger partial charge >= 0.3 is 0 Å². The molecular weight excluding hydrogens is 410 g/mol. The average molecular weight is 432 g/mol. The first-order valence-electron chi connectivity index (χ1n) is 9.39. The first-order valence-corrected chi connectivity index (χ1v) is 10.6. The minimum absolute atomic E-state index is 0.0600. The Labute approximate surface area is 176 Å². The fourth-order valence-electron chi connectivity index (χ4n) is 4.02. The third kappa shape index (κ3) is 3.21. The zero-order valence-corrected chi connectivity index (χ0v) is 17.7. The van der Waals surface area contributed by atoms with Crippen LogP contribution in [-0.4, -0.2) is 43.3 Å². The van der Waals surface area contributed by atoms with E-state index in [0.717, 1.165) is 28.0 Å². The molecule has 29 heavy (non-hydrogen) atoms. The summed E-state index contributed by atoms with van der Waals surface area (Å²) in [6, 6.07) is 3.92. The Bertz CT molecular complexity index is 1190. The third-order valence-electron chi connectivity index (χ3n) is 5.52. The molecule has 0 saturated heterocycles. The van der Waals surface area contributed by atoms with E-state index in [9.17, 15) is 0 Å². The molecule has 2 aromatic heterocycles. The lowest BCUT2D eigenvalue weighted by molar-refractivity contribution is -0.0137. The molecular formula is C20H22ClN5O2S. The quantitative estimate of drug-likeness (QED) is 0.496. The van der Waals surface area contributed by atoms with Crippen molar-refractivity contribution in [1.82, 2.24) is 15.5 Å². The van der Waals surface area contributed by atoms with Gasteiger partial charge in [0.1, 0.15) is 11.8 Å². The molecule has 0 saturated carbocycles. The predicted octanol–water partition coefficient (Wildman–Crippen LogP) is 2.36. The molecule has 0 spiro atoms. The van der Waals surface area contributed by atoms with Crippen LogP contribution in [0.1, 0.15) is 18.2 Å². The monoisotopic (exact) mass is 431 g/mol. The van der Waals surface area contributed by atoms with Crippen LogP contribution in [0.25, 0.3) is 23.1 Å². The van der Waals surface area contributed by atoms with Gasteiger partial charge in [0.05, 0.1) is 40.7 Å². The lowest BCUT2D eigenvalue weighted by Crippen LogP contribution is -2.44. The zero-order valence-electron chi connectivity index (χ0n) is 16.1. The van der Waals surface area contributed by atoms with Gasteiger partial charge in [-0.1, -0.05) is 17.7 Å². The summed E-state index contributed by atoms with van der Waals surface area (Å²) < 4.78 is 12.4. The molecule has 1 aromatic carbocycles. The van der Waals surface area contributed by atoms with Crippen molar-refractivity contribution >= 4 is 56.7 Å². The number of aromatic amines is 1. The number of H-pyrrole nitrogens is 1. The van der Waals surface area contributed by atoms with Gasteiger partial charge in [-0.2, -0.15) is 5.10 Å². The number of hydrogen-bond acceptors (Lipinski definition) is 7. The molecule has 0 amide bonds. The number of nitrogens with zero attached hydrogens (tertiary/aromatic N) is 1. The topological polar surface area (TPSA) is 83.2 Å². The van der Waals surface area contributed by atoms with Crippen molar-refractivity contribution in [2.75, 3.05) is 38.1 Å². The summed E-state index contributed by atoms with van der Waals surface area (Å²) in [5, 5.41) is 21.6. The number of anilines is 2. The SMILES string of the molecule is COCC1(OC)C=c2sc3c(c2=CC1)C(Nc1cc2cn[nH]c2cc1Cl)NCN3. The highest BCUT2D eigenvalue weighted by molar-refractivity contribution is 7.14. The van der Waals surface area contributed by atoms with Gasteiger partial charge in [-0.15, -0.1) is 11.3 Å². The number of thiophene rings is 1. The molecule has 7 nitrogen and oxygen atoms in total. The molecule has 0 bridgehead atoms. The van der Waals surface area contributed by atoms with Crippen LogP contribution >= 0.6 is 22.9 Å². The minimum Gasteiger partial charge on any atom is -0.381 e. The highest BCUT2D eigenvalue weighted by Crippen LogP contribution is 2.33. The number of ether oxygens (including phenoxy) is 2. The van der Waals surface area contributed by atoms with Gasteiger partial charge < -0.3 is 20.1 Å². The van der Waals surface area contributed by atoms with E-state index < -0.39 is 5.60 Å². The number of nitrogens with one attached hydrogen (secondary N) is 4. The van der Waals surface area contributed by atoms with E-state index >= 15 is 0 Å². The van der Waals surface area contributed by atoms with Crippen LogP contribution in [-0.2, 0) is 9.47 Å². The normalized spacial score (nSPS) is 22.9. The predicted molar refractivity (Wildman–Crippen MR) is 118 cm³/mol. The summed E-state index contributed by atoms with van der Waals surface area (Å²) in [5.74, 6) is 0. The van der Waals surface area contributed by atoms with Gasteiger partial charge in [-0.25, -0.2) is 0 Å². The van der Waals surface area contributed by atoms with Crippen molar-refractivity contribution in [2.24, 2.45) is 0 Å². The second-order valence-corrected chi connectivity index (χ2v) is 8.76. The van der Waals surface area contributed by atoms with Gasteiger partial charge in [0.2, 0.25) is 0 Å². The summed E-state index contributed by atoms with van der Waals surface area (Å²) in [6.45, 7) is 1.19. The van der Waals surface area contributed by atoms with Crippen LogP contribution in [0.15, 0.2) is 18.3 Å². The average Bonchev–Trinajstić information content (AvgIpc) is 3.32. The molecule has 3 heterocycles. The van der Waals surface area contributed by atoms with Gasteiger partial charge in [-0.3, -0.25) is 10.4 Å². The summed E-state index contributed by atoms with van der Waals surface area (Å²) >= 11 is 8.26. The van der Waals surface area contributed by atoms with Gasteiger partial charge in [-0.05, 0) is 23.4 Å². The number of halogens is 1.